The van der Waals surface area contributed by atoms with Crippen LogP contribution in [0.15, 0.2) is 54.7 Å². The van der Waals surface area contributed by atoms with Crippen molar-refractivity contribution in [2.45, 2.75) is 33.3 Å². The van der Waals surface area contributed by atoms with Crippen molar-refractivity contribution in [3.05, 3.63) is 66.2 Å². The van der Waals surface area contributed by atoms with Gasteiger partial charge in [0.15, 0.2) is 11.6 Å². The average Bonchev–Trinajstić information content (AvgIpc) is 3.32. The van der Waals surface area contributed by atoms with Gasteiger partial charge < -0.3 is 29.3 Å². The van der Waals surface area contributed by atoms with Gasteiger partial charge in [0.1, 0.15) is 18.0 Å². The highest BCUT2D eigenvalue weighted by Gasteiger charge is 2.24. The number of ether oxygens (including phenoxy) is 3. The van der Waals surface area contributed by atoms with Gasteiger partial charge in [-0.15, -0.1) is 5.06 Å². The fourth-order valence-corrected chi connectivity index (χ4v) is 4.44. The van der Waals surface area contributed by atoms with Crippen LogP contribution in [0.1, 0.15) is 26.5 Å². The Kier molecular flexibility index (Phi) is 8.74. The minimum atomic E-state index is -0.684. The molecule has 0 aliphatic carbocycles. The molecule has 0 saturated carbocycles. The van der Waals surface area contributed by atoms with Gasteiger partial charge in [0, 0.05) is 73.3 Å². The molecule has 4 aromatic rings. The van der Waals surface area contributed by atoms with Crippen molar-refractivity contribution < 1.29 is 28.2 Å². The van der Waals surface area contributed by atoms with E-state index in [1.807, 2.05) is 31.2 Å². The van der Waals surface area contributed by atoms with Crippen LogP contribution in [-0.4, -0.2) is 76.0 Å². The van der Waals surface area contributed by atoms with Gasteiger partial charge in [0.25, 0.3) is 0 Å². The minimum Gasteiger partial charge on any atom is -0.492 e. The third-order valence-corrected chi connectivity index (χ3v) is 6.37. The quantitative estimate of drug-likeness (QED) is 0.236. The van der Waals surface area contributed by atoms with Gasteiger partial charge in [-0.3, -0.25) is 4.90 Å². The van der Waals surface area contributed by atoms with E-state index < -0.39 is 17.6 Å². The second kappa shape index (κ2) is 12.6. The molecule has 42 heavy (non-hydrogen) atoms. The van der Waals surface area contributed by atoms with E-state index in [2.05, 4.69) is 25.2 Å². The van der Waals surface area contributed by atoms with Crippen LogP contribution in [0.4, 0.5) is 20.8 Å². The maximum Gasteiger partial charge on any atom is 0.528 e. The first-order valence-electron chi connectivity index (χ1n) is 13.8. The summed E-state index contributed by atoms with van der Waals surface area (Å²) in [5, 5.41) is 5.23. The predicted molar refractivity (Wildman–Crippen MR) is 156 cm³/mol. The molecule has 0 unspecified atom stereocenters. The molecule has 1 aliphatic rings. The van der Waals surface area contributed by atoms with E-state index in [0.717, 1.165) is 31.0 Å². The summed E-state index contributed by atoms with van der Waals surface area (Å²) < 4.78 is 31.9. The van der Waals surface area contributed by atoms with E-state index >= 15 is 0 Å². The number of nitrogens with one attached hydrogen (secondary N) is 2. The van der Waals surface area contributed by atoms with Gasteiger partial charge in [-0.05, 0) is 58.0 Å². The maximum atomic E-state index is 14.9. The Bertz CT molecular complexity index is 1530. The Hall–Kier alpha value is -4.42. The van der Waals surface area contributed by atoms with Crippen LogP contribution in [0.25, 0.3) is 10.9 Å². The number of H-pyrrole nitrogens is 1. The molecule has 0 spiro atoms. The molecule has 2 N–H and O–H groups in total. The van der Waals surface area contributed by atoms with E-state index in [1.54, 1.807) is 56.3 Å². The number of halogens is 1. The number of hydrogen-bond donors (Lipinski definition) is 2. The number of carbonyl (C=O) groups excluding carboxylic acids is 1. The number of hydroxylamine groups is 2. The number of piperazine rings is 1. The number of carbonyl (C=O) groups is 1. The Labute approximate surface area is 243 Å². The van der Waals surface area contributed by atoms with Crippen molar-refractivity contribution in [3.8, 4) is 17.4 Å². The SMILES string of the molecule is Cc1cc2c(F)c(Oc3ccnc(Nc4cccc(OCCN5CCN(OC(=O)OC(C)(C)C)CC5)c4)n3)ccc2[nH]1. The Balaban J connectivity index is 1.09. The molecule has 5 rings (SSSR count). The highest BCUT2D eigenvalue weighted by Crippen LogP contribution is 2.30. The average molecular weight is 579 g/mol. The molecule has 0 amide bonds. The third-order valence-electron chi connectivity index (χ3n) is 6.37. The summed E-state index contributed by atoms with van der Waals surface area (Å²) in [5.74, 6) is 0.831. The summed E-state index contributed by atoms with van der Waals surface area (Å²) in [6, 6.07) is 14.1. The lowest BCUT2D eigenvalue weighted by atomic mass is 10.2. The zero-order valence-electron chi connectivity index (χ0n) is 24.1. The van der Waals surface area contributed by atoms with Gasteiger partial charge in [-0.2, -0.15) is 4.98 Å². The lowest BCUT2D eigenvalue weighted by molar-refractivity contribution is -0.158. The van der Waals surface area contributed by atoms with E-state index in [0.29, 0.717) is 42.3 Å². The van der Waals surface area contributed by atoms with Crippen LogP contribution < -0.4 is 14.8 Å². The first kappa shape index (κ1) is 29.1. The summed E-state index contributed by atoms with van der Waals surface area (Å²) in [4.78, 5) is 31.1. The van der Waals surface area contributed by atoms with Crippen molar-refractivity contribution in [2.75, 3.05) is 44.6 Å². The van der Waals surface area contributed by atoms with Gasteiger partial charge in [0.2, 0.25) is 11.8 Å². The minimum absolute atomic E-state index is 0.0820. The number of benzene rings is 2. The van der Waals surface area contributed by atoms with Crippen LogP contribution in [0, 0.1) is 12.7 Å². The van der Waals surface area contributed by atoms with Crippen LogP contribution in [0.2, 0.25) is 0 Å². The predicted octanol–water partition coefficient (Wildman–Crippen LogP) is 5.80. The molecule has 1 aliphatic heterocycles. The highest BCUT2D eigenvalue weighted by molar-refractivity contribution is 5.82. The number of aryl methyl sites for hydroxylation is 1. The number of nitrogens with zero attached hydrogens (tertiary/aromatic N) is 4. The van der Waals surface area contributed by atoms with Crippen LogP contribution >= 0.6 is 0 Å². The van der Waals surface area contributed by atoms with Crippen molar-refractivity contribution in [1.82, 2.24) is 24.9 Å². The maximum absolute atomic E-state index is 14.9. The summed E-state index contributed by atoms with van der Waals surface area (Å²) in [6.07, 6.45) is 0.857. The molecule has 12 heteroatoms. The molecule has 0 atom stereocenters. The highest BCUT2D eigenvalue weighted by atomic mass is 19.1. The molecule has 1 fully saturated rings. The van der Waals surface area contributed by atoms with E-state index in [1.165, 1.54) is 0 Å². The second-order valence-corrected chi connectivity index (χ2v) is 10.9. The standard InChI is InChI=1S/C30H35FN6O5/c1-20-18-23-24(33-20)8-9-25(27(23)31)40-26-10-11-32-28(35-26)34-21-6-5-7-22(19-21)39-17-16-36-12-14-37(15-13-36)42-29(38)41-30(2,3)4/h5-11,18-19,33H,12-17H2,1-4H3,(H,32,34,35). The number of hydrogen-bond acceptors (Lipinski definition) is 10. The molecule has 2 aromatic heterocycles. The number of aromatic amines is 1. The van der Waals surface area contributed by atoms with Crippen molar-refractivity contribution in [1.29, 1.82) is 0 Å². The molecule has 11 nitrogen and oxygen atoms in total. The number of anilines is 2. The summed E-state index contributed by atoms with van der Waals surface area (Å²) in [6.45, 7) is 11.2. The Morgan fingerprint density at radius 2 is 1.90 bits per heavy atom. The fraction of sp³-hybridized carbons (Fsp3) is 0.367. The molecule has 0 radical (unpaired) electrons. The molecular weight excluding hydrogens is 543 g/mol. The molecule has 1 saturated heterocycles. The molecular formula is C30H35FN6O5. The largest absolute Gasteiger partial charge is 0.528 e. The third kappa shape index (κ3) is 7.86. The summed E-state index contributed by atoms with van der Waals surface area (Å²) in [5.41, 5.74) is 1.71. The van der Waals surface area contributed by atoms with Gasteiger partial charge in [-0.25, -0.2) is 14.2 Å². The van der Waals surface area contributed by atoms with Gasteiger partial charge in [0.05, 0.1) is 0 Å². The Morgan fingerprint density at radius 3 is 2.69 bits per heavy atom. The van der Waals surface area contributed by atoms with Gasteiger partial charge in [-0.1, -0.05) is 6.07 Å². The smallest absolute Gasteiger partial charge is 0.492 e. The molecule has 0 bridgehead atoms. The van der Waals surface area contributed by atoms with Crippen molar-refractivity contribution in [2.24, 2.45) is 0 Å². The first-order chi connectivity index (χ1) is 20.1. The fourth-order valence-electron chi connectivity index (χ4n) is 4.44. The van der Waals surface area contributed by atoms with Crippen LogP contribution in [0.5, 0.6) is 17.4 Å². The molecule has 2 aromatic carbocycles. The lowest BCUT2D eigenvalue weighted by Crippen LogP contribution is -2.48. The normalized spacial score (nSPS) is 14.5. The Morgan fingerprint density at radius 1 is 1.10 bits per heavy atom. The molecule has 222 valence electrons. The summed E-state index contributed by atoms with van der Waals surface area (Å²) in [7, 11) is 0. The van der Waals surface area contributed by atoms with Crippen LogP contribution in [-0.2, 0) is 9.57 Å². The second-order valence-electron chi connectivity index (χ2n) is 10.9. The summed E-state index contributed by atoms with van der Waals surface area (Å²) >= 11 is 0. The van der Waals surface area contributed by atoms with E-state index in [4.69, 9.17) is 19.0 Å². The van der Waals surface area contributed by atoms with Crippen molar-refractivity contribution in [3.63, 3.8) is 0 Å². The first-order valence-corrected chi connectivity index (χ1v) is 13.8. The number of fused-ring (bicyclic) bond motifs is 1. The molecule has 3 heterocycles. The zero-order chi connectivity index (χ0) is 29.7. The zero-order valence-corrected chi connectivity index (χ0v) is 24.1. The number of rotatable bonds is 9. The monoisotopic (exact) mass is 578 g/mol. The van der Waals surface area contributed by atoms with Crippen molar-refractivity contribution >= 4 is 28.7 Å². The van der Waals surface area contributed by atoms with E-state index in [-0.39, 0.29) is 11.6 Å². The van der Waals surface area contributed by atoms with Gasteiger partial charge >= 0.3 is 6.16 Å². The van der Waals surface area contributed by atoms with Crippen LogP contribution in [0.3, 0.4) is 0 Å². The number of aromatic nitrogens is 3. The lowest BCUT2D eigenvalue weighted by Gasteiger charge is -2.33. The van der Waals surface area contributed by atoms with E-state index in [9.17, 15) is 9.18 Å². The topological polar surface area (TPSA) is 114 Å².